The topological polar surface area (TPSA) is 91.1 Å². The van der Waals surface area contributed by atoms with Crippen molar-refractivity contribution in [2.45, 2.75) is 12.6 Å². The molecule has 1 atom stereocenters. The molecule has 2 aromatic carbocycles. The van der Waals surface area contributed by atoms with Gasteiger partial charge in [0, 0.05) is 29.3 Å². The minimum atomic E-state index is -0.483. The largest absolute Gasteiger partial charge is 0.373 e. The van der Waals surface area contributed by atoms with Gasteiger partial charge in [-0.3, -0.25) is 14.7 Å². The van der Waals surface area contributed by atoms with E-state index in [1.54, 1.807) is 36.3 Å². The van der Waals surface area contributed by atoms with E-state index < -0.39 is 11.9 Å². The SMILES string of the molecule is CN(C(=O)c1ccc2cn[nH]c2c1)[C@@H]1COCc2[nH]c(=O)c3cc(F)ccc3c21. The summed E-state index contributed by atoms with van der Waals surface area (Å²) in [6, 6.07) is 9.05. The van der Waals surface area contributed by atoms with Crippen molar-refractivity contribution in [1.82, 2.24) is 20.1 Å². The van der Waals surface area contributed by atoms with Gasteiger partial charge in [0.15, 0.2) is 0 Å². The van der Waals surface area contributed by atoms with Gasteiger partial charge in [-0.1, -0.05) is 12.1 Å². The molecular formula is C21H17FN4O3. The van der Waals surface area contributed by atoms with Crippen LogP contribution in [0.25, 0.3) is 21.7 Å². The number of carbonyl (C=O) groups is 1. The van der Waals surface area contributed by atoms with Crippen LogP contribution in [0.2, 0.25) is 0 Å². The lowest BCUT2D eigenvalue weighted by Gasteiger charge is -2.34. The van der Waals surface area contributed by atoms with Crippen molar-refractivity contribution >= 4 is 27.6 Å². The normalized spacial score (nSPS) is 16.1. The molecule has 0 saturated heterocycles. The number of hydrogen-bond donors (Lipinski definition) is 2. The quantitative estimate of drug-likeness (QED) is 0.549. The maximum absolute atomic E-state index is 13.7. The van der Waals surface area contributed by atoms with Crippen LogP contribution < -0.4 is 5.56 Å². The van der Waals surface area contributed by atoms with Crippen molar-refractivity contribution in [3.8, 4) is 0 Å². The van der Waals surface area contributed by atoms with Gasteiger partial charge in [-0.05, 0) is 29.7 Å². The van der Waals surface area contributed by atoms with E-state index in [4.69, 9.17) is 4.74 Å². The standard InChI is InChI=1S/C21H17FN4O3/c1-26(21(28)11-2-3-12-8-23-25-16(12)6-11)18-10-29-9-17-19(18)14-5-4-13(22)7-15(14)20(27)24-17/h2-8,18H,9-10H2,1H3,(H,23,25)(H,24,27)/t18-/m1/s1. The predicted octanol–water partition coefficient (Wildman–Crippen LogP) is 2.89. The van der Waals surface area contributed by atoms with Crippen LogP contribution in [0.4, 0.5) is 4.39 Å². The lowest BCUT2D eigenvalue weighted by atomic mass is 9.95. The van der Waals surface area contributed by atoms with Gasteiger partial charge in [0.05, 0.1) is 36.4 Å². The summed E-state index contributed by atoms with van der Waals surface area (Å²) in [6.45, 7) is 0.511. The summed E-state index contributed by atoms with van der Waals surface area (Å²) >= 11 is 0. The number of nitrogens with one attached hydrogen (secondary N) is 2. The van der Waals surface area contributed by atoms with E-state index in [0.29, 0.717) is 16.6 Å². The summed E-state index contributed by atoms with van der Waals surface area (Å²) in [5.74, 6) is -0.673. The second kappa shape index (κ2) is 6.52. The summed E-state index contributed by atoms with van der Waals surface area (Å²) in [7, 11) is 1.70. The monoisotopic (exact) mass is 392 g/mol. The number of carbonyl (C=O) groups excluding carboxylic acids is 1. The van der Waals surface area contributed by atoms with Gasteiger partial charge in [-0.2, -0.15) is 5.10 Å². The highest BCUT2D eigenvalue weighted by Crippen LogP contribution is 2.33. The zero-order chi connectivity index (χ0) is 20.1. The van der Waals surface area contributed by atoms with Crippen LogP contribution in [0.1, 0.15) is 27.7 Å². The lowest BCUT2D eigenvalue weighted by Crippen LogP contribution is -2.37. The van der Waals surface area contributed by atoms with Crippen LogP contribution in [0.3, 0.4) is 0 Å². The highest BCUT2D eigenvalue weighted by atomic mass is 19.1. The number of hydrogen-bond acceptors (Lipinski definition) is 4. The molecule has 3 heterocycles. The van der Waals surface area contributed by atoms with E-state index in [2.05, 4.69) is 15.2 Å². The fourth-order valence-corrected chi connectivity index (χ4v) is 3.94. The molecule has 0 unspecified atom stereocenters. The van der Waals surface area contributed by atoms with Crippen molar-refractivity contribution < 1.29 is 13.9 Å². The molecular weight excluding hydrogens is 375 g/mol. The number of H-pyrrole nitrogens is 2. The number of amides is 1. The Kier molecular flexibility index (Phi) is 3.95. The van der Waals surface area contributed by atoms with Crippen molar-refractivity contribution in [3.63, 3.8) is 0 Å². The zero-order valence-electron chi connectivity index (χ0n) is 15.5. The van der Waals surface area contributed by atoms with E-state index in [1.807, 2.05) is 6.07 Å². The molecule has 2 aromatic heterocycles. The lowest BCUT2D eigenvalue weighted by molar-refractivity contribution is 0.0336. The minimum Gasteiger partial charge on any atom is -0.373 e. The van der Waals surface area contributed by atoms with Crippen molar-refractivity contribution in [2.75, 3.05) is 13.7 Å². The second-order valence-corrected chi connectivity index (χ2v) is 7.16. The van der Waals surface area contributed by atoms with E-state index in [9.17, 15) is 14.0 Å². The number of benzene rings is 2. The van der Waals surface area contributed by atoms with Crippen molar-refractivity contribution in [3.05, 3.63) is 75.6 Å². The molecule has 8 heteroatoms. The first kappa shape index (κ1) is 17.6. The molecule has 0 bridgehead atoms. The molecule has 0 aliphatic carbocycles. The molecule has 146 valence electrons. The van der Waals surface area contributed by atoms with Gasteiger partial charge in [0.1, 0.15) is 5.82 Å². The van der Waals surface area contributed by atoms with Crippen LogP contribution in [0.15, 0.2) is 47.4 Å². The number of pyridine rings is 1. The Bertz CT molecular complexity index is 1330. The number of rotatable bonds is 2. The van der Waals surface area contributed by atoms with Gasteiger partial charge in [0.2, 0.25) is 0 Å². The van der Waals surface area contributed by atoms with Gasteiger partial charge >= 0.3 is 0 Å². The van der Waals surface area contributed by atoms with Crippen LogP contribution in [0.5, 0.6) is 0 Å². The van der Waals surface area contributed by atoms with Gasteiger partial charge in [-0.15, -0.1) is 0 Å². The van der Waals surface area contributed by atoms with E-state index in [1.165, 1.54) is 12.1 Å². The average Bonchev–Trinajstić information content (AvgIpc) is 3.20. The van der Waals surface area contributed by atoms with Crippen LogP contribution in [-0.2, 0) is 11.3 Å². The average molecular weight is 392 g/mol. The molecule has 0 spiro atoms. The second-order valence-electron chi connectivity index (χ2n) is 7.16. The zero-order valence-corrected chi connectivity index (χ0v) is 15.5. The fourth-order valence-electron chi connectivity index (χ4n) is 3.94. The minimum absolute atomic E-state index is 0.190. The summed E-state index contributed by atoms with van der Waals surface area (Å²) in [6.07, 6.45) is 1.69. The summed E-state index contributed by atoms with van der Waals surface area (Å²) in [5, 5.41) is 8.65. The first-order valence-electron chi connectivity index (χ1n) is 9.15. The Labute approximate surface area is 164 Å². The van der Waals surface area contributed by atoms with Crippen LogP contribution in [-0.4, -0.2) is 39.6 Å². The van der Waals surface area contributed by atoms with E-state index in [0.717, 1.165) is 16.5 Å². The third-order valence-corrected chi connectivity index (χ3v) is 5.44. The third-order valence-electron chi connectivity index (χ3n) is 5.44. The predicted molar refractivity (Wildman–Crippen MR) is 105 cm³/mol. The van der Waals surface area contributed by atoms with Gasteiger partial charge < -0.3 is 14.6 Å². The number of aromatic nitrogens is 3. The van der Waals surface area contributed by atoms with Crippen molar-refractivity contribution in [2.24, 2.45) is 0 Å². The molecule has 1 aliphatic heterocycles. The van der Waals surface area contributed by atoms with Crippen LogP contribution in [0, 0.1) is 5.82 Å². The fraction of sp³-hybridized carbons (Fsp3) is 0.190. The first-order chi connectivity index (χ1) is 14.0. The molecule has 7 nitrogen and oxygen atoms in total. The summed E-state index contributed by atoms with van der Waals surface area (Å²) < 4.78 is 19.4. The molecule has 2 N–H and O–H groups in total. The number of likely N-dealkylation sites (N-methyl/N-ethyl adjacent to an activating group) is 1. The Hall–Kier alpha value is -3.52. The molecule has 5 rings (SSSR count). The Morgan fingerprint density at radius 3 is 2.97 bits per heavy atom. The summed E-state index contributed by atoms with van der Waals surface area (Å²) in [5.41, 5.74) is 2.30. The highest BCUT2D eigenvalue weighted by Gasteiger charge is 2.31. The molecule has 1 amide bonds. The first-order valence-corrected chi connectivity index (χ1v) is 9.15. The molecule has 0 radical (unpaired) electrons. The number of fused-ring (bicyclic) bond motifs is 4. The third kappa shape index (κ3) is 2.80. The number of aromatic amines is 2. The van der Waals surface area contributed by atoms with E-state index >= 15 is 0 Å². The molecule has 1 aliphatic rings. The number of nitrogens with zero attached hydrogens (tertiary/aromatic N) is 2. The smallest absolute Gasteiger partial charge is 0.256 e. The number of halogens is 1. The van der Waals surface area contributed by atoms with Crippen LogP contribution >= 0.6 is 0 Å². The molecule has 29 heavy (non-hydrogen) atoms. The number of ether oxygens (including phenoxy) is 1. The molecule has 0 fully saturated rings. The van der Waals surface area contributed by atoms with E-state index in [-0.39, 0.29) is 30.1 Å². The maximum atomic E-state index is 13.7. The Morgan fingerprint density at radius 1 is 1.24 bits per heavy atom. The van der Waals surface area contributed by atoms with Gasteiger partial charge in [0.25, 0.3) is 11.5 Å². The molecule has 0 saturated carbocycles. The summed E-state index contributed by atoms with van der Waals surface area (Å²) in [4.78, 5) is 29.9. The molecule has 4 aromatic rings. The van der Waals surface area contributed by atoms with Crippen molar-refractivity contribution in [1.29, 1.82) is 0 Å². The maximum Gasteiger partial charge on any atom is 0.256 e. The van der Waals surface area contributed by atoms with Gasteiger partial charge in [-0.25, -0.2) is 4.39 Å². The Balaban J connectivity index is 1.60. The Morgan fingerprint density at radius 2 is 2.10 bits per heavy atom. The highest BCUT2D eigenvalue weighted by molar-refractivity contribution is 5.98.